The van der Waals surface area contributed by atoms with Crippen molar-refractivity contribution in [3.63, 3.8) is 0 Å². The van der Waals surface area contributed by atoms with Crippen LogP contribution in [0.2, 0.25) is 0 Å². The van der Waals surface area contributed by atoms with Crippen molar-refractivity contribution in [2.75, 3.05) is 0 Å². The molecular weight excluding hydrogens is 548 g/mol. The largest absolute Gasteiger partial charge is 0.393 e. The van der Waals surface area contributed by atoms with E-state index < -0.39 is 34.7 Å². The molecular formula is C39H60O5. The molecule has 6 saturated carbocycles. The van der Waals surface area contributed by atoms with Gasteiger partial charge in [-0.1, -0.05) is 52.2 Å². The first-order valence-corrected chi connectivity index (χ1v) is 18.5. The van der Waals surface area contributed by atoms with Crippen molar-refractivity contribution in [3.05, 3.63) is 22.8 Å². The first-order chi connectivity index (χ1) is 20.7. The Bertz CT molecular complexity index is 1230. The number of aliphatic hydroxyl groups excluding tert-OH is 3. The molecule has 7 aliphatic carbocycles. The van der Waals surface area contributed by atoms with Crippen molar-refractivity contribution in [2.24, 2.45) is 57.7 Å². The predicted octanol–water partition coefficient (Wildman–Crippen LogP) is 6.91. The molecule has 0 amide bonds. The fraction of sp³-hybridized carbons (Fsp3) is 0.872. The van der Waals surface area contributed by atoms with Crippen molar-refractivity contribution < 1.29 is 25.2 Å². The summed E-state index contributed by atoms with van der Waals surface area (Å²) in [6.45, 7) is 11.2. The summed E-state index contributed by atoms with van der Waals surface area (Å²) < 4.78 is 0. The highest BCUT2D eigenvalue weighted by Crippen LogP contribution is 2.68. The fourth-order valence-electron chi connectivity index (χ4n) is 13.3. The summed E-state index contributed by atoms with van der Waals surface area (Å²) in [7, 11) is 0. The Hall–Kier alpha value is -1.01. The third-order valence-corrected chi connectivity index (χ3v) is 15.8. The zero-order valence-corrected chi connectivity index (χ0v) is 28.2. The summed E-state index contributed by atoms with van der Waals surface area (Å²) in [5.41, 5.74) is 2.68. The third kappa shape index (κ3) is 4.48. The van der Waals surface area contributed by atoms with Crippen LogP contribution in [0.5, 0.6) is 0 Å². The van der Waals surface area contributed by atoms with Gasteiger partial charge in [-0.05, 0) is 148 Å². The van der Waals surface area contributed by atoms with Gasteiger partial charge in [0.05, 0.1) is 23.9 Å². The molecule has 246 valence electrons. The Morgan fingerprint density at radius 1 is 0.955 bits per heavy atom. The van der Waals surface area contributed by atoms with Gasteiger partial charge in [0.25, 0.3) is 0 Å². The summed E-state index contributed by atoms with van der Waals surface area (Å²) in [5, 5.41) is 45.7. The van der Waals surface area contributed by atoms with E-state index in [0.29, 0.717) is 30.6 Å². The standard InChI is InChI=1S/C39H60O5/c1-22(2)27(25-15-24-8-9-26-7-6-12-38(26,19-24)20-25)16-32(40)23(3)28-11-14-39(44)30-17-33(41)31-18-34(42)35(43)21-36(31,4)29(30)10-13-37(28,39)5/h17,22-24,26,28-29,31-32,34-35,40,42-44H,6-16,18-21H2,1-5H3. The smallest absolute Gasteiger partial charge is 0.159 e. The number of allylic oxidation sites excluding steroid dienone is 2. The summed E-state index contributed by atoms with van der Waals surface area (Å²) in [6.07, 6.45) is 15.2. The molecule has 1 spiro atoms. The second-order valence-electron chi connectivity index (χ2n) is 18.0. The molecule has 2 bridgehead atoms. The van der Waals surface area contributed by atoms with E-state index in [0.717, 1.165) is 43.1 Å². The maximum atomic E-state index is 13.6. The highest BCUT2D eigenvalue weighted by atomic mass is 16.3. The van der Waals surface area contributed by atoms with Crippen LogP contribution >= 0.6 is 0 Å². The number of fused-ring (bicyclic) bond motifs is 6. The van der Waals surface area contributed by atoms with Gasteiger partial charge in [-0.25, -0.2) is 0 Å². The van der Waals surface area contributed by atoms with Crippen molar-refractivity contribution in [1.29, 1.82) is 0 Å². The molecule has 0 aromatic carbocycles. The predicted molar refractivity (Wildman–Crippen MR) is 172 cm³/mol. The topological polar surface area (TPSA) is 98.0 Å². The van der Waals surface area contributed by atoms with Crippen LogP contribution in [-0.2, 0) is 4.79 Å². The van der Waals surface area contributed by atoms with E-state index >= 15 is 0 Å². The minimum absolute atomic E-state index is 0.00771. The van der Waals surface area contributed by atoms with E-state index in [4.69, 9.17) is 0 Å². The lowest BCUT2D eigenvalue weighted by molar-refractivity contribution is -0.154. The summed E-state index contributed by atoms with van der Waals surface area (Å²) in [4.78, 5) is 13.6. The second-order valence-corrected chi connectivity index (χ2v) is 18.0. The summed E-state index contributed by atoms with van der Waals surface area (Å²) >= 11 is 0. The molecule has 0 heterocycles. The number of rotatable bonds is 5. The lowest BCUT2D eigenvalue weighted by Gasteiger charge is -2.60. The first kappa shape index (κ1) is 31.6. The molecule has 44 heavy (non-hydrogen) atoms. The number of aliphatic hydroxyl groups is 4. The molecule has 0 aromatic rings. The van der Waals surface area contributed by atoms with E-state index in [9.17, 15) is 25.2 Å². The monoisotopic (exact) mass is 608 g/mol. The van der Waals surface area contributed by atoms with E-state index in [1.54, 1.807) is 11.6 Å². The Balaban J connectivity index is 1.13. The number of carbonyl (C=O) groups is 1. The normalized spacial score (nSPS) is 50.7. The molecule has 0 saturated heterocycles. The molecule has 0 aromatic heterocycles. The number of ketones is 1. The molecule has 5 heteroatoms. The minimum atomic E-state index is -1.07. The van der Waals surface area contributed by atoms with Crippen LogP contribution in [0.15, 0.2) is 22.8 Å². The van der Waals surface area contributed by atoms with Gasteiger partial charge in [-0.2, -0.15) is 0 Å². The number of carbonyl (C=O) groups excluding carboxylic acids is 1. The van der Waals surface area contributed by atoms with Crippen molar-refractivity contribution in [3.8, 4) is 0 Å². The van der Waals surface area contributed by atoms with Gasteiger partial charge < -0.3 is 20.4 Å². The van der Waals surface area contributed by atoms with Crippen LogP contribution in [-0.4, -0.2) is 50.1 Å². The van der Waals surface area contributed by atoms with Gasteiger partial charge in [-0.15, -0.1) is 0 Å². The molecule has 0 radical (unpaired) electrons. The van der Waals surface area contributed by atoms with Gasteiger partial charge in [0, 0.05) is 11.3 Å². The van der Waals surface area contributed by atoms with Gasteiger partial charge in [0.1, 0.15) is 0 Å². The van der Waals surface area contributed by atoms with Crippen LogP contribution in [0.1, 0.15) is 131 Å². The average molecular weight is 609 g/mol. The van der Waals surface area contributed by atoms with Crippen molar-refractivity contribution in [1.82, 2.24) is 0 Å². The fourth-order valence-corrected chi connectivity index (χ4v) is 13.3. The minimum Gasteiger partial charge on any atom is -0.393 e. The maximum absolute atomic E-state index is 13.6. The molecule has 5 nitrogen and oxygen atoms in total. The number of hydrogen-bond donors (Lipinski definition) is 4. The van der Waals surface area contributed by atoms with Crippen LogP contribution in [0.3, 0.4) is 0 Å². The zero-order chi connectivity index (χ0) is 31.4. The van der Waals surface area contributed by atoms with Gasteiger partial charge in [-0.3, -0.25) is 4.79 Å². The Morgan fingerprint density at radius 2 is 1.73 bits per heavy atom. The van der Waals surface area contributed by atoms with E-state index in [1.165, 1.54) is 56.9 Å². The molecule has 13 unspecified atom stereocenters. The van der Waals surface area contributed by atoms with Crippen LogP contribution in [0.4, 0.5) is 0 Å². The summed E-state index contributed by atoms with van der Waals surface area (Å²) in [5.74, 6) is 2.14. The van der Waals surface area contributed by atoms with Crippen LogP contribution in [0.25, 0.3) is 0 Å². The Kier molecular flexibility index (Phi) is 7.72. The maximum Gasteiger partial charge on any atom is 0.159 e. The van der Waals surface area contributed by atoms with E-state index in [1.807, 2.05) is 0 Å². The lowest BCUT2D eigenvalue weighted by atomic mass is 9.46. The van der Waals surface area contributed by atoms with Crippen LogP contribution in [0, 0.1) is 57.7 Å². The SMILES string of the molecule is CC(C)C(CC(O)C(C)C1CCC2(O)C3=CC(=O)C4CC(O)C(O)CC4(C)C3CCC12C)=C1CC2CCC3CCCC3(C1)C2. The second kappa shape index (κ2) is 10.8. The third-order valence-electron chi connectivity index (χ3n) is 15.8. The molecule has 6 fully saturated rings. The molecule has 13 atom stereocenters. The highest BCUT2D eigenvalue weighted by molar-refractivity contribution is 5.95. The van der Waals surface area contributed by atoms with Gasteiger partial charge in [0.15, 0.2) is 5.78 Å². The van der Waals surface area contributed by atoms with Crippen molar-refractivity contribution in [2.45, 2.75) is 155 Å². The zero-order valence-electron chi connectivity index (χ0n) is 28.2. The Morgan fingerprint density at radius 3 is 2.48 bits per heavy atom. The quantitative estimate of drug-likeness (QED) is 0.254. The molecule has 4 N–H and O–H groups in total. The van der Waals surface area contributed by atoms with Gasteiger partial charge >= 0.3 is 0 Å². The average Bonchev–Trinajstić information content (AvgIpc) is 3.48. The Labute approximate surface area is 266 Å². The highest BCUT2D eigenvalue weighted by Gasteiger charge is 2.67. The molecule has 7 rings (SSSR count). The summed E-state index contributed by atoms with van der Waals surface area (Å²) in [6, 6.07) is 0. The molecule has 7 aliphatic rings. The van der Waals surface area contributed by atoms with E-state index in [2.05, 4.69) is 34.6 Å². The first-order valence-electron chi connectivity index (χ1n) is 18.5. The van der Waals surface area contributed by atoms with Crippen molar-refractivity contribution >= 4 is 5.78 Å². The number of hydrogen-bond acceptors (Lipinski definition) is 5. The van der Waals surface area contributed by atoms with E-state index in [-0.39, 0.29) is 29.5 Å². The van der Waals surface area contributed by atoms with Crippen LogP contribution < -0.4 is 0 Å². The molecule has 0 aliphatic heterocycles. The lowest BCUT2D eigenvalue weighted by Crippen LogP contribution is -2.61. The van der Waals surface area contributed by atoms with Gasteiger partial charge in [0.2, 0.25) is 0 Å².